The minimum Gasteiger partial charge on any atom is -0.462 e. The molecule has 6 atom stereocenters. The summed E-state index contributed by atoms with van der Waals surface area (Å²) < 4.78 is 32.3. The van der Waals surface area contributed by atoms with Gasteiger partial charge in [0.2, 0.25) is 0 Å². The molecule has 43 heavy (non-hydrogen) atoms. The fourth-order valence-electron chi connectivity index (χ4n) is 4.22. The average Bonchev–Trinajstić information content (AvgIpc) is 2.98. The Balaban J connectivity index is 2.44. The standard InChI is InChI=1S/C29H51O13P/c1-3-5-6-7-8-9-10-11-12-13-14-15-16-17-18-23(31)41-21(19-39-22(30)4-2)20-40-43(37,38)42-29-27(35)25(33)24(32)26(34)28(29)36/h7-8,10-11,21,24-29,32-36H,3-6,9,12-20H2,1-2H3,(H,37,38)/b8-7-,11-10-. The van der Waals surface area contributed by atoms with Gasteiger partial charge in [-0.3, -0.25) is 18.6 Å². The Bertz CT molecular complexity index is 880. The maximum absolute atomic E-state index is 12.5. The Labute approximate surface area is 254 Å². The smallest absolute Gasteiger partial charge is 0.462 e. The van der Waals surface area contributed by atoms with Gasteiger partial charge in [-0.1, -0.05) is 70.3 Å². The summed E-state index contributed by atoms with van der Waals surface area (Å²) in [5, 5.41) is 49.3. The maximum atomic E-state index is 12.5. The molecule has 14 heteroatoms. The van der Waals surface area contributed by atoms with Crippen molar-refractivity contribution in [2.45, 2.75) is 134 Å². The van der Waals surface area contributed by atoms with E-state index in [9.17, 15) is 44.6 Å². The highest BCUT2D eigenvalue weighted by atomic mass is 31.2. The number of unbranched alkanes of at least 4 members (excludes halogenated alkanes) is 7. The molecule has 6 N–H and O–H groups in total. The summed E-state index contributed by atoms with van der Waals surface area (Å²) in [5.41, 5.74) is 0. The first-order valence-electron chi connectivity index (χ1n) is 15.1. The van der Waals surface area contributed by atoms with Crippen LogP contribution in [0.15, 0.2) is 24.3 Å². The summed E-state index contributed by atoms with van der Waals surface area (Å²) in [6, 6.07) is 0. The number of carbonyl (C=O) groups excluding carboxylic acids is 2. The van der Waals surface area contributed by atoms with Crippen LogP contribution in [0, 0.1) is 0 Å². The molecule has 0 aromatic rings. The molecule has 1 aliphatic rings. The Morgan fingerprint density at radius 1 is 0.744 bits per heavy atom. The normalized spacial score (nSPS) is 26.4. The van der Waals surface area contributed by atoms with E-state index < -0.39 is 75.7 Å². The van der Waals surface area contributed by atoms with E-state index in [1.54, 1.807) is 6.92 Å². The molecule has 1 saturated carbocycles. The van der Waals surface area contributed by atoms with Gasteiger partial charge in [-0.25, -0.2) is 4.57 Å². The molecular weight excluding hydrogens is 587 g/mol. The van der Waals surface area contributed by atoms with Gasteiger partial charge in [-0.2, -0.15) is 0 Å². The van der Waals surface area contributed by atoms with E-state index in [1.165, 1.54) is 12.8 Å². The third kappa shape index (κ3) is 16.3. The fourth-order valence-corrected chi connectivity index (χ4v) is 5.20. The van der Waals surface area contributed by atoms with Gasteiger partial charge in [-0.05, 0) is 32.1 Å². The molecule has 13 nitrogen and oxygen atoms in total. The van der Waals surface area contributed by atoms with Gasteiger partial charge >= 0.3 is 19.8 Å². The van der Waals surface area contributed by atoms with E-state index in [0.717, 1.165) is 44.9 Å². The Kier molecular flexibility index (Phi) is 20.1. The highest BCUT2D eigenvalue weighted by molar-refractivity contribution is 7.47. The van der Waals surface area contributed by atoms with Gasteiger partial charge < -0.3 is 39.9 Å². The van der Waals surface area contributed by atoms with Crippen LogP contribution in [0.25, 0.3) is 0 Å². The van der Waals surface area contributed by atoms with Crippen LogP contribution in [0.3, 0.4) is 0 Å². The van der Waals surface area contributed by atoms with Crippen LogP contribution in [-0.4, -0.2) is 98.3 Å². The van der Waals surface area contributed by atoms with Gasteiger partial charge in [-0.15, -0.1) is 0 Å². The predicted molar refractivity (Wildman–Crippen MR) is 157 cm³/mol. The summed E-state index contributed by atoms with van der Waals surface area (Å²) in [4.78, 5) is 34.1. The Morgan fingerprint density at radius 3 is 1.91 bits per heavy atom. The van der Waals surface area contributed by atoms with E-state index >= 15 is 0 Å². The van der Waals surface area contributed by atoms with Crippen LogP contribution in [0.4, 0.5) is 0 Å². The number of phosphoric ester groups is 1. The summed E-state index contributed by atoms with van der Waals surface area (Å²) in [6.07, 6.45) is 5.58. The lowest BCUT2D eigenvalue weighted by molar-refractivity contribution is -0.220. The topological polar surface area (TPSA) is 210 Å². The number of carbonyl (C=O) groups is 2. The molecular formula is C29H51O13P. The second kappa shape index (κ2) is 21.9. The maximum Gasteiger partial charge on any atom is 0.472 e. The van der Waals surface area contributed by atoms with E-state index in [0.29, 0.717) is 6.42 Å². The molecule has 1 fully saturated rings. The molecule has 6 unspecified atom stereocenters. The van der Waals surface area contributed by atoms with E-state index in [2.05, 4.69) is 31.2 Å². The first-order chi connectivity index (χ1) is 20.4. The zero-order chi connectivity index (χ0) is 32.3. The zero-order valence-corrected chi connectivity index (χ0v) is 26.1. The number of hydrogen-bond donors (Lipinski definition) is 6. The second-order valence-electron chi connectivity index (χ2n) is 10.6. The first-order valence-corrected chi connectivity index (χ1v) is 16.6. The molecule has 0 bridgehead atoms. The molecule has 0 amide bonds. The molecule has 0 radical (unpaired) electrons. The van der Waals surface area contributed by atoms with Crippen LogP contribution >= 0.6 is 7.82 Å². The molecule has 0 spiro atoms. The number of rotatable bonds is 22. The number of aliphatic hydroxyl groups excluding tert-OH is 5. The van der Waals surface area contributed by atoms with Crippen LogP contribution in [0.1, 0.15) is 90.9 Å². The quantitative estimate of drug-likeness (QED) is 0.0437. The lowest BCUT2D eigenvalue weighted by Crippen LogP contribution is -2.64. The third-order valence-corrected chi connectivity index (χ3v) is 7.84. The lowest BCUT2D eigenvalue weighted by atomic mass is 9.85. The first kappa shape index (κ1) is 39.4. The van der Waals surface area contributed by atoms with Crippen molar-refractivity contribution in [3.8, 4) is 0 Å². The second-order valence-corrected chi connectivity index (χ2v) is 12.0. The monoisotopic (exact) mass is 638 g/mol. The highest BCUT2D eigenvalue weighted by Gasteiger charge is 2.51. The van der Waals surface area contributed by atoms with E-state index in [-0.39, 0.29) is 12.8 Å². The Hall–Kier alpha value is -1.67. The number of aliphatic hydroxyl groups is 5. The van der Waals surface area contributed by atoms with Crippen molar-refractivity contribution in [2.75, 3.05) is 13.2 Å². The Morgan fingerprint density at radius 2 is 1.30 bits per heavy atom. The fraction of sp³-hybridized carbons (Fsp3) is 0.793. The van der Waals surface area contributed by atoms with E-state index in [4.69, 9.17) is 18.5 Å². The van der Waals surface area contributed by atoms with Gasteiger partial charge in [0.15, 0.2) is 6.10 Å². The molecule has 1 rings (SSSR count). The average molecular weight is 639 g/mol. The molecule has 0 heterocycles. The molecule has 0 aliphatic heterocycles. The molecule has 250 valence electrons. The number of ether oxygens (including phenoxy) is 2. The predicted octanol–water partition coefficient (Wildman–Crippen LogP) is 2.60. The summed E-state index contributed by atoms with van der Waals surface area (Å²) in [7, 11) is -5.08. The van der Waals surface area contributed by atoms with Crippen molar-refractivity contribution >= 4 is 19.8 Å². The molecule has 1 aliphatic carbocycles. The van der Waals surface area contributed by atoms with Gasteiger partial charge in [0.05, 0.1) is 6.61 Å². The minimum absolute atomic E-state index is 0.0446. The van der Waals surface area contributed by atoms with Crippen LogP contribution in [-0.2, 0) is 32.7 Å². The molecule has 0 saturated heterocycles. The van der Waals surface area contributed by atoms with Crippen molar-refractivity contribution in [2.24, 2.45) is 0 Å². The van der Waals surface area contributed by atoms with Crippen LogP contribution in [0.5, 0.6) is 0 Å². The number of allylic oxidation sites excluding steroid dienone is 4. The number of esters is 2. The van der Waals surface area contributed by atoms with Gasteiger partial charge in [0.25, 0.3) is 0 Å². The SMILES string of the molecule is CCCC/C=C\C/C=C\CCCCCCCC(=O)OC(COC(=O)CC)COP(=O)(O)OC1C(O)C(O)C(O)C(O)C1O. The largest absolute Gasteiger partial charge is 0.472 e. The molecule has 0 aromatic heterocycles. The van der Waals surface area contributed by atoms with Gasteiger partial charge in [0, 0.05) is 12.8 Å². The van der Waals surface area contributed by atoms with Crippen molar-refractivity contribution < 1.29 is 63.1 Å². The highest BCUT2D eigenvalue weighted by Crippen LogP contribution is 2.47. The van der Waals surface area contributed by atoms with Crippen molar-refractivity contribution in [3.05, 3.63) is 24.3 Å². The van der Waals surface area contributed by atoms with Crippen LogP contribution in [0.2, 0.25) is 0 Å². The third-order valence-electron chi connectivity index (χ3n) is 6.85. The van der Waals surface area contributed by atoms with E-state index in [1.807, 2.05) is 0 Å². The lowest BCUT2D eigenvalue weighted by Gasteiger charge is -2.41. The summed E-state index contributed by atoms with van der Waals surface area (Å²) in [6.45, 7) is 2.53. The molecule has 0 aromatic carbocycles. The van der Waals surface area contributed by atoms with Crippen molar-refractivity contribution in [1.82, 2.24) is 0 Å². The zero-order valence-electron chi connectivity index (χ0n) is 25.2. The summed E-state index contributed by atoms with van der Waals surface area (Å²) >= 11 is 0. The van der Waals surface area contributed by atoms with Crippen molar-refractivity contribution in [1.29, 1.82) is 0 Å². The number of hydrogen-bond acceptors (Lipinski definition) is 12. The minimum atomic E-state index is -5.08. The number of phosphoric acid groups is 1. The summed E-state index contributed by atoms with van der Waals surface area (Å²) in [5.74, 6) is -1.22. The van der Waals surface area contributed by atoms with Crippen molar-refractivity contribution in [3.63, 3.8) is 0 Å². The van der Waals surface area contributed by atoms with Crippen LogP contribution < -0.4 is 0 Å². The van der Waals surface area contributed by atoms with Gasteiger partial charge in [0.1, 0.15) is 43.2 Å².